The summed E-state index contributed by atoms with van der Waals surface area (Å²) in [7, 11) is 1.78. The summed E-state index contributed by atoms with van der Waals surface area (Å²) in [6.07, 6.45) is 3.58. The Morgan fingerprint density at radius 1 is 1.24 bits per heavy atom. The number of aromatic nitrogens is 2. The number of halogens is 2. The molecule has 132 valence electrons. The van der Waals surface area contributed by atoms with E-state index in [1.807, 2.05) is 15.8 Å². The predicted molar refractivity (Wildman–Crippen MR) is 88.3 cm³/mol. The third-order valence-electron chi connectivity index (χ3n) is 4.83. The van der Waals surface area contributed by atoms with Crippen molar-refractivity contribution in [1.29, 1.82) is 0 Å². The Bertz CT molecular complexity index is 802. The molecule has 0 spiro atoms. The minimum absolute atomic E-state index is 0.0173. The molecule has 2 aliphatic heterocycles. The number of rotatable bonds is 4. The number of likely N-dealkylation sites (tertiary alicyclic amines) is 1. The molecule has 1 aromatic carbocycles. The molecule has 2 aliphatic rings. The van der Waals surface area contributed by atoms with Crippen molar-refractivity contribution < 1.29 is 13.6 Å². The summed E-state index contributed by atoms with van der Waals surface area (Å²) in [5.74, 6) is -0.812. The van der Waals surface area contributed by atoms with E-state index >= 15 is 0 Å². The Morgan fingerprint density at radius 2 is 2.04 bits per heavy atom. The number of urea groups is 1. The second-order valence-corrected chi connectivity index (χ2v) is 6.62. The van der Waals surface area contributed by atoms with Crippen LogP contribution in [0.2, 0.25) is 0 Å². The molecule has 2 amide bonds. The normalized spacial score (nSPS) is 18.9. The van der Waals surface area contributed by atoms with Crippen LogP contribution in [0.15, 0.2) is 30.6 Å². The van der Waals surface area contributed by atoms with Gasteiger partial charge in [0.05, 0.1) is 17.9 Å². The van der Waals surface area contributed by atoms with Gasteiger partial charge in [-0.2, -0.15) is 5.10 Å². The van der Waals surface area contributed by atoms with Crippen molar-refractivity contribution in [2.75, 3.05) is 38.1 Å². The minimum Gasteiger partial charge on any atom is -0.326 e. The first-order chi connectivity index (χ1) is 12.0. The highest BCUT2D eigenvalue weighted by Crippen LogP contribution is 2.26. The Balaban J connectivity index is 1.37. The quantitative estimate of drug-likeness (QED) is 0.851. The molecule has 25 heavy (non-hydrogen) atoms. The molecule has 0 saturated carbocycles. The molecule has 0 bridgehead atoms. The van der Waals surface area contributed by atoms with Crippen LogP contribution in [-0.2, 0) is 6.54 Å². The molecule has 0 atom stereocenters. The van der Waals surface area contributed by atoms with E-state index in [1.54, 1.807) is 23.0 Å². The molecular formula is C17H19F2N5O. The van der Waals surface area contributed by atoms with Crippen LogP contribution in [-0.4, -0.2) is 58.8 Å². The molecule has 1 aromatic heterocycles. The summed E-state index contributed by atoms with van der Waals surface area (Å²) in [5, 5.41) is 4.36. The van der Waals surface area contributed by atoms with E-state index in [2.05, 4.69) is 5.10 Å². The van der Waals surface area contributed by atoms with E-state index in [0.717, 1.165) is 17.8 Å². The molecule has 2 saturated heterocycles. The molecule has 3 heterocycles. The Hall–Kier alpha value is -2.48. The van der Waals surface area contributed by atoms with Crippen LogP contribution in [0, 0.1) is 11.6 Å². The highest BCUT2D eigenvalue weighted by atomic mass is 19.1. The predicted octanol–water partition coefficient (Wildman–Crippen LogP) is 2.09. The van der Waals surface area contributed by atoms with Crippen molar-refractivity contribution in [2.45, 2.75) is 12.6 Å². The van der Waals surface area contributed by atoms with Crippen molar-refractivity contribution in [2.24, 2.45) is 0 Å². The maximum absolute atomic E-state index is 13.7. The molecule has 0 aliphatic carbocycles. The van der Waals surface area contributed by atoms with E-state index in [1.165, 1.54) is 6.07 Å². The lowest BCUT2D eigenvalue weighted by Gasteiger charge is -2.39. The number of amides is 2. The standard InChI is InChI=1S/C17H19F2N5O/c1-21-4-5-23(17(21)25)14-7-20-24(11-14)15-9-22(10-15)8-12-6-13(18)2-3-16(12)19/h2-3,6-7,11,15H,4-5,8-10H2,1H3. The molecule has 2 aromatic rings. The maximum atomic E-state index is 13.7. The highest BCUT2D eigenvalue weighted by molar-refractivity contribution is 5.93. The number of anilines is 1. The number of hydrogen-bond donors (Lipinski definition) is 0. The van der Waals surface area contributed by atoms with E-state index in [0.29, 0.717) is 38.3 Å². The minimum atomic E-state index is -0.426. The average molecular weight is 347 g/mol. The fourth-order valence-electron chi connectivity index (χ4n) is 3.30. The third-order valence-corrected chi connectivity index (χ3v) is 4.83. The van der Waals surface area contributed by atoms with Gasteiger partial charge in [-0.05, 0) is 18.2 Å². The first-order valence-corrected chi connectivity index (χ1v) is 8.24. The van der Waals surface area contributed by atoms with Gasteiger partial charge in [0.25, 0.3) is 0 Å². The molecule has 6 nitrogen and oxygen atoms in total. The van der Waals surface area contributed by atoms with Gasteiger partial charge < -0.3 is 4.90 Å². The zero-order valence-corrected chi connectivity index (χ0v) is 13.9. The molecule has 0 radical (unpaired) electrons. The summed E-state index contributed by atoms with van der Waals surface area (Å²) in [4.78, 5) is 17.5. The van der Waals surface area contributed by atoms with Gasteiger partial charge in [0.15, 0.2) is 0 Å². The maximum Gasteiger partial charge on any atom is 0.324 e. The van der Waals surface area contributed by atoms with Crippen LogP contribution >= 0.6 is 0 Å². The monoisotopic (exact) mass is 347 g/mol. The van der Waals surface area contributed by atoms with E-state index in [9.17, 15) is 13.6 Å². The molecular weight excluding hydrogens is 328 g/mol. The summed E-state index contributed by atoms with van der Waals surface area (Å²) < 4.78 is 28.8. The summed E-state index contributed by atoms with van der Waals surface area (Å²) >= 11 is 0. The fourth-order valence-corrected chi connectivity index (χ4v) is 3.30. The van der Waals surface area contributed by atoms with Gasteiger partial charge in [-0.3, -0.25) is 14.5 Å². The number of hydrogen-bond acceptors (Lipinski definition) is 3. The molecule has 2 fully saturated rings. The van der Waals surface area contributed by atoms with Gasteiger partial charge in [0, 0.05) is 51.5 Å². The number of nitrogens with zero attached hydrogens (tertiary/aromatic N) is 5. The Morgan fingerprint density at radius 3 is 2.76 bits per heavy atom. The van der Waals surface area contributed by atoms with Gasteiger partial charge in [-0.15, -0.1) is 0 Å². The fraction of sp³-hybridized carbons (Fsp3) is 0.412. The zero-order valence-electron chi connectivity index (χ0n) is 13.9. The van der Waals surface area contributed by atoms with Gasteiger partial charge in [-0.1, -0.05) is 0 Å². The van der Waals surface area contributed by atoms with Crippen LogP contribution in [0.4, 0.5) is 19.3 Å². The number of likely N-dealkylation sites (N-methyl/N-ethyl adjacent to an activating group) is 1. The van der Waals surface area contributed by atoms with Crippen molar-refractivity contribution in [1.82, 2.24) is 19.6 Å². The molecule has 4 rings (SSSR count). The smallest absolute Gasteiger partial charge is 0.324 e. The highest BCUT2D eigenvalue weighted by Gasteiger charge is 2.31. The largest absolute Gasteiger partial charge is 0.326 e. The third kappa shape index (κ3) is 2.97. The second-order valence-electron chi connectivity index (χ2n) is 6.62. The van der Waals surface area contributed by atoms with E-state index in [4.69, 9.17) is 0 Å². The Labute approximate surface area is 144 Å². The first kappa shape index (κ1) is 16.0. The van der Waals surface area contributed by atoms with Gasteiger partial charge in [0.2, 0.25) is 0 Å². The number of carbonyl (C=O) groups excluding carboxylic acids is 1. The Kier molecular flexibility index (Phi) is 3.91. The van der Waals surface area contributed by atoms with Crippen molar-refractivity contribution in [3.63, 3.8) is 0 Å². The molecule has 0 unspecified atom stereocenters. The second kappa shape index (κ2) is 6.11. The number of benzene rings is 1. The van der Waals surface area contributed by atoms with Crippen LogP contribution in [0.3, 0.4) is 0 Å². The number of carbonyl (C=O) groups is 1. The molecule has 8 heteroatoms. The average Bonchev–Trinajstić information content (AvgIpc) is 3.14. The summed E-state index contributed by atoms with van der Waals surface area (Å²) in [5.41, 5.74) is 1.16. The van der Waals surface area contributed by atoms with Gasteiger partial charge in [-0.25, -0.2) is 13.6 Å². The summed E-state index contributed by atoms with van der Waals surface area (Å²) in [6.45, 7) is 3.18. The van der Waals surface area contributed by atoms with Crippen LogP contribution in [0.1, 0.15) is 11.6 Å². The lowest BCUT2D eigenvalue weighted by molar-refractivity contribution is 0.0896. The first-order valence-electron chi connectivity index (χ1n) is 8.24. The molecule has 0 N–H and O–H groups in total. The van der Waals surface area contributed by atoms with Gasteiger partial charge >= 0.3 is 6.03 Å². The van der Waals surface area contributed by atoms with Crippen LogP contribution in [0.5, 0.6) is 0 Å². The lowest BCUT2D eigenvalue weighted by atomic mass is 10.1. The van der Waals surface area contributed by atoms with Crippen molar-refractivity contribution >= 4 is 11.7 Å². The van der Waals surface area contributed by atoms with E-state index < -0.39 is 5.82 Å². The van der Waals surface area contributed by atoms with Crippen LogP contribution in [0.25, 0.3) is 0 Å². The topological polar surface area (TPSA) is 44.6 Å². The SMILES string of the molecule is CN1CCN(c2cnn(C3CN(Cc4cc(F)ccc4F)C3)c2)C1=O. The zero-order chi connectivity index (χ0) is 17.6. The van der Waals surface area contributed by atoms with Crippen molar-refractivity contribution in [3.05, 3.63) is 47.8 Å². The van der Waals surface area contributed by atoms with E-state index in [-0.39, 0.29) is 17.9 Å². The van der Waals surface area contributed by atoms with Crippen LogP contribution < -0.4 is 4.90 Å². The van der Waals surface area contributed by atoms with Gasteiger partial charge in [0.1, 0.15) is 11.6 Å². The summed E-state index contributed by atoms with van der Waals surface area (Å²) in [6, 6.07) is 3.69. The lowest BCUT2D eigenvalue weighted by Crippen LogP contribution is -2.47. The van der Waals surface area contributed by atoms with Crippen molar-refractivity contribution in [3.8, 4) is 0 Å².